The van der Waals surface area contributed by atoms with Gasteiger partial charge in [-0.2, -0.15) is 0 Å². The molecule has 2 N–H and O–H groups in total. The second-order valence-electron chi connectivity index (χ2n) is 12.6. The average Bonchev–Trinajstić information content (AvgIpc) is 3.49. The summed E-state index contributed by atoms with van der Waals surface area (Å²) in [5.74, 6) is -4.32. The molecule has 1 aromatic carbocycles. The summed E-state index contributed by atoms with van der Waals surface area (Å²) in [5, 5.41) is 6.14. The number of thiazole rings is 1. The van der Waals surface area contributed by atoms with Crippen molar-refractivity contribution in [2.45, 2.75) is 71.6 Å². The van der Waals surface area contributed by atoms with Crippen molar-refractivity contribution in [1.82, 2.24) is 15.6 Å². The minimum Gasteiger partial charge on any atom is -0.465 e. The normalized spacial score (nSPS) is 14.4. The number of ketones is 2. The molecular formula is C34H46IN3O10S. The lowest BCUT2D eigenvalue weighted by atomic mass is 9.89. The molecule has 0 radical (unpaired) electrons. The Bertz CT molecular complexity index is 1450. The average molecular weight is 816 g/mol. The van der Waals surface area contributed by atoms with E-state index < -0.39 is 64.3 Å². The van der Waals surface area contributed by atoms with Gasteiger partial charge >= 0.3 is 11.9 Å². The van der Waals surface area contributed by atoms with Gasteiger partial charge in [0.1, 0.15) is 10.9 Å². The first-order valence-electron chi connectivity index (χ1n) is 15.6. The van der Waals surface area contributed by atoms with E-state index in [1.165, 1.54) is 45.6 Å². The predicted molar refractivity (Wildman–Crippen MR) is 190 cm³/mol. The molecule has 2 rings (SSSR count). The summed E-state index contributed by atoms with van der Waals surface area (Å²) in [6, 6.07) is 6.82. The lowest BCUT2D eigenvalue weighted by Crippen LogP contribution is -2.56. The number of Topliss-reactive ketones (excluding diaryl/α,β-unsaturated/α-hetero) is 2. The molecule has 4 atom stereocenters. The molecule has 1 heterocycles. The van der Waals surface area contributed by atoms with E-state index >= 15 is 0 Å². The zero-order valence-corrected chi connectivity index (χ0v) is 31.9. The first-order valence-corrected chi connectivity index (χ1v) is 17.9. The number of hydrogen-bond acceptors (Lipinski definition) is 12. The predicted octanol–water partition coefficient (Wildman–Crippen LogP) is 3.43. The number of carbonyl (C=O) groups excluding carboxylic acids is 6. The van der Waals surface area contributed by atoms with E-state index in [1.807, 2.05) is 28.7 Å². The molecule has 13 nitrogen and oxygen atoms in total. The Labute approximate surface area is 304 Å². The summed E-state index contributed by atoms with van der Waals surface area (Å²) < 4.78 is 21.4. The number of carbonyl (C=O) groups is 6. The monoisotopic (exact) mass is 815 g/mol. The first kappa shape index (κ1) is 41.9. The number of esters is 2. The van der Waals surface area contributed by atoms with E-state index in [1.54, 1.807) is 45.0 Å². The molecule has 270 valence electrons. The highest BCUT2D eigenvalue weighted by atomic mass is 127. The third-order valence-electron chi connectivity index (χ3n) is 7.38. The Kier molecular flexibility index (Phi) is 16.9. The van der Waals surface area contributed by atoms with E-state index in [-0.39, 0.29) is 43.5 Å². The molecule has 0 bridgehead atoms. The summed E-state index contributed by atoms with van der Waals surface area (Å²) >= 11 is 3.13. The van der Waals surface area contributed by atoms with Gasteiger partial charge in [-0.25, -0.2) is 4.98 Å². The van der Waals surface area contributed by atoms with E-state index in [4.69, 9.17) is 18.9 Å². The van der Waals surface area contributed by atoms with Crippen molar-refractivity contribution in [2.24, 2.45) is 11.3 Å². The Morgan fingerprint density at radius 1 is 0.959 bits per heavy atom. The van der Waals surface area contributed by atoms with Crippen molar-refractivity contribution >= 4 is 69.2 Å². The fourth-order valence-corrected chi connectivity index (χ4v) is 5.99. The number of methoxy groups -OCH3 is 2. The third kappa shape index (κ3) is 13.9. The summed E-state index contributed by atoms with van der Waals surface area (Å²) in [7, 11) is 2.77. The molecule has 0 aliphatic carbocycles. The molecule has 0 unspecified atom stereocenters. The van der Waals surface area contributed by atoms with Crippen LogP contribution in [0.15, 0.2) is 36.5 Å². The number of hydrogen-bond donors (Lipinski definition) is 2. The molecular weight excluding hydrogens is 769 g/mol. The van der Waals surface area contributed by atoms with Crippen LogP contribution in [-0.4, -0.2) is 96.5 Å². The molecule has 0 saturated carbocycles. The van der Waals surface area contributed by atoms with E-state index in [2.05, 4.69) is 15.6 Å². The van der Waals surface area contributed by atoms with Gasteiger partial charge in [0, 0.05) is 37.4 Å². The molecule has 15 heteroatoms. The third-order valence-corrected chi connectivity index (χ3v) is 9.75. The lowest BCUT2D eigenvalue weighted by Gasteiger charge is -2.33. The highest BCUT2D eigenvalue weighted by Gasteiger charge is 2.43. The maximum absolute atomic E-state index is 14.2. The Balaban J connectivity index is 2.29. The van der Waals surface area contributed by atoms with Crippen LogP contribution in [0.2, 0.25) is 0 Å². The van der Waals surface area contributed by atoms with Crippen LogP contribution in [0.25, 0.3) is 0 Å². The summed E-state index contributed by atoms with van der Waals surface area (Å²) in [4.78, 5) is 82.9. The highest BCUT2D eigenvalue weighted by molar-refractivity contribution is 14.1. The molecule has 0 aliphatic rings. The molecule has 0 fully saturated rings. The Hall–Kier alpha value is -3.28. The van der Waals surface area contributed by atoms with E-state index in [0.29, 0.717) is 9.88 Å². The number of alkyl halides is 1. The number of halogens is 1. The number of nitrogens with zero attached hydrogens (tertiary/aromatic N) is 1. The zero-order valence-electron chi connectivity index (χ0n) is 29.0. The van der Waals surface area contributed by atoms with Crippen LogP contribution in [0.5, 0.6) is 0 Å². The van der Waals surface area contributed by atoms with Gasteiger partial charge in [-0.15, -0.1) is 11.3 Å². The topological polar surface area (TPSA) is 176 Å². The first-order chi connectivity index (χ1) is 23.0. The van der Waals surface area contributed by atoms with Crippen LogP contribution < -0.4 is 10.6 Å². The van der Waals surface area contributed by atoms with Gasteiger partial charge in [0.05, 0.1) is 49.4 Å². The molecule has 0 aliphatic heterocycles. The van der Waals surface area contributed by atoms with Crippen LogP contribution in [0.1, 0.15) is 60.8 Å². The largest absolute Gasteiger partial charge is 0.465 e. The van der Waals surface area contributed by atoms with Gasteiger partial charge in [0.2, 0.25) is 5.91 Å². The van der Waals surface area contributed by atoms with Crippen LogP contribution in [0.3, 0.4) is 0 Å². The van der Waals surface area contributed by atoms with Gasteiger partial charge in [0.15, 0.2) is 17.2 Å². The highest BCUT2D eigenvalue weighted by Crippen LogP contribution is 2.26. The SMILES string of the molecule is COC[C@H](CC(=O)[C@H](COC)NC(=O)c1cnc(C)s1)C(=O)N[C@@H](Cc1ccccc1)C(=O)[C@@](C)(CI)OC(=O)CC(C)(C)COC(C)=O. The second kappa shape index (κ2) is 19.8. The quantitative estimate of drug-likeness (QED) is 0.107. The molecule has 2 aromatic rings. The lowest BCUT2D eigenvalue weighted by molar-refractivity contribution is -0.167. The van der Waals surface area contributed by atoms with Crippen molar-refractivity contribution in [2.75, 3.05) is 38.5 Å². The summed E-state index contributed by atoms with van der Waals surface area (Å²) in [6.45, 7) is 7.69. The number of amides is 2. The Morgan fingerprint density at radius 2 is 1.61 bits per heavy atom. The minimum absolute atomic E-state index is 0.0154. The number of benzene rings is 1. The number of rotatable bonds is 21. The van der Waals surface area contributed by atoms with Crippen molar-refractivity contribution in [3.63, 3.8) is 0 Å². The van der Waals surface area contributed by atoms with Crippen molar-refractivity contribution in [3.8, 4) is 0 Å². The fraction of sp³-hybridized carbons (Fsp3) is 0.559. The standard InChI is InChI=1S/C34H46IN3O10S/c1-21-36-16-28(49-21)32(44)38-26(18-46-7)27(40)14-24(17-45-6)31(43)37-25(13-23-11-9-8-10-12-23)30(42)34(5,19-35)48-29(41)15-33(3,4)20-47-22(2)39/h8-12,16,24-26H,13-15,17-20H2,1-7H3,(H,37,43)(H,38,44)/t24-,25-,26-,34+/m0/s1. The van der Waals surface area contributed by atoms with E-state index in [9.17, 15) is 28.8 Å². The van der Waals surface area contributed by atoms with Crippen molar-refractivity contribution in [3.05, 3.63) is 52.0 Å². The van der Waals surface area contributed by atoms with Gasteiger partial charge in [-0.3, -0.25) is 28.8 Å². The van der Waals surface area contributed by atoms with Gasteiger partial charge in [-0.1, -0.05) is 66.8 Å². The van der Waals surface area contributed by atoms with Crippen LogP contribution in [0, 0.1) is 18.3 Å². The van der Waals surface area contributed by atoms with Crippen LogP contribution in [0.4, 0.5) is 0 Å². The molecule has 0 spiro atoms. The van der Waals surface area contributed by atoms with Gasteiger partial charge < -0.3 is 29.6 Å². The second-order valence-corrected chi connectivity index (χ2v) is 14.6. The molecule has 0 saturated heterocycles. The number of ether oxygens (including phenoxy) is 4. The van der Waals surface area contributed by atoms with Gasteiger partial charge in [0.25, 0.3) is 5.91 Å². The van der Waals surface area contributed by atoms with Crippen LogP contribution in [-0.2, 0) is 49.3 Å². The number of nitrogens with one attached hydrogen (secondary N) is 2. The molecule has 49 heavy (non-hydrogen) atoms. The molecule has 1 aromatic heterocycles. The zero-order chi connectivity index (χ0) is 36.8. The Morgan fingerprint density at radius 3 is 2.16 bits per heavy atom. The van der Waals surface area contributed by atoms with Crippen molar-refractivity contribution < 1.29 is 47.7 Å². The maximum Gasteiger partial charge on any atom is 0.307 e. The summed E-state index contributed by atoms with van der Waals surface area (Å²) in [5.41, 5.74) is -1.64. The maximum atomic E-state index is 14.2. The minimum atomic E-state index is -1.63. The van der Waals surface area contributed by atoms with E-state index in [0.717, 1.165) is 5.56 Å². The fourth-order valence-electron chi connectivity index (χ4n) is 4.78. The number of aromatic nitrogens is 1. The van der Waals surface area contributed by atoms with Crippen molar-refractivity contribution in [1.29, 1.82) is 0 Å². The summed E-state index contributed by atoms with van der Waals surface area (Å²) in [6.07, 6.45) is 1.05. The number of aryl methyl sites for hydroxylation is 1. The van der Waals surface area contributed by atoms with Gasteiger partial charge in [-0.05, 0) is 25.8 Å². The smallest absolute Gasteiger partial charge is 0.307 e. The molecule has 2 amide bonds. The van der Waals surface area contributed by atoms with Crippen LogP contribution >= 0.6 is 33.9 Å².